The predicted molar refractivity (Wildman–Crippen MR) is 105 cm³/mol. The van der Waals surface area contributed by atoms with Gasteiger partial charge in [0.15, 0.2) is 0 Å². The smallest absolute Gasteiger partial charge is 0.341 e. The molecule has 2 rings (SSSR count). The van der Waals surface area contributed by atoms with E-state index >= 15 is 0 Å². The van der Waals surface area contributed by atoms with Gasteiger partial charge in [0.1, 0.15) is 5.00 Å². The minimum absolute atomic E-state index is 0.0575. The van der Waals surface area contributed by atoms with E-state index in [0.717, 1.165) is 17.4 Å². The second-order valence-electron chi connectivity index (χ2n) is 5.46. The van der Waals surface area contributed by atoms with Gasteiger partial charge in [-0.15, -0.1) is 11.3 Å². The lowest BCUT2D eigenvalue weighted by Gasteiger charge is -2.06. The van der Waals surface area contributed by atoms with Crippen molar-refractivity contribution >= 4 is 45.8 Å². The van der Waals surface area contributed by atoms with E-state index in [-0.39, 0.29) is 22.0 Å². The fourth-order valence-corrected chi connectivity index (χ4v) is 3.37. The molecule has 146 valence electrons. The third-order valence-electron chi connectivity index (χ3n) is 3.48. The Morgan fingerprint density at radius 1 is 1.11 bits per heavy atom. The van der Waals surface area contributed by atoms with E-state index in [1.165, 1.54) is 0 Å². The number of para-hydroxylation sites is 1. The van der Waals surface area contributed by atoms with E-state index in [9.17, 15) is 19.2 Å². The number of ether oxygens (including phenoxy) is 1. The van der Waals surface area contributed by atoms with Crippen LogP contribution in [-0.4, -0.2) is 35.5 Å². The number of carboxylic acids is 1. The minimum Gasteiger partial charge on any atom is -0.478 e. The summed E-state index contributed by atoms with van der Waals surface area (Å²) in [6.45, 7) is 3.33. The summed E-state index contributed by atoms with van der Waals surface area (Å²) in [4.78, 5) is 47.6. The van der Waals surface area contributed by atoms with E-state index in [0.29, 0.717) is 17.3 Å². The highest BCUT2D eigenvalue weighted by molar-refractivity contribution is 7.19. The first kappa shape index (κ1) is 20.8. The quantitative estimate of drug-likeness (QED) is 0.483. The normalized spacial score (nSPS) is 10.5. The topological polar surface area (TPSA) is 122 Å². The molecule has 0 saturated heterocycles. The summed E-state index contributed by atoms with van der Waals surface area (Å²) in [6, 6.07) is 8.77. The lowest BCUT2D eigenvalue weighted by molar-refractivity contribution is -0.131. The lowest BCUT2D eigenvalue weighted by atomic mass is 10.1. The fraction of sp³-hybridized carbons (Fsp3) is 0.158. The standard InChI is InChI=1S/C19H18N2O6S/c1-3-27-19(26)15-11(2)16(17(25)20-12-7-5-4-6-8-12)28-18(15)21-13(22)9-10-14(23)24/h4-10H,3H2,1-2H3,(H,20,25)(H,21,22)(H,23,24)/b10-9-. The minimum atomic E-state index is -1.29. The third-order valence-corrected chi connectivity index (χ3v) is 4.68. The summed E-state index contributed by atoms with van der Waals surface area (Å²) in [7, 11) is 0. The summed E-state index contributed by atoms with van der Waals surface area (Å²) in [5.74, 6) is -3.16. The van der Waals surface area contributed by atoms with Crippen molar-refractivity contribution < 1.29 is 29.0 Å². The van der Waals surface area contributed by atoms with Gasteiger partial charge in [-0.3, -0.25) is 9.59 Å². The second-order valence-corrected chi connectivity index (χ2v) is 6.48. The van der Waals surface area contributed by atoms with Gasteiger partial charge >= 0.3 is 11.9 Å². The van der Waals surface area contributed by atoms with E-state index < -0.39 is 23.8 Å². The maximum Gasteiger partial charge on any atom is 0.341 e. The van der Waals surface area contributed by atoms with Crippen molar-refractivity contribution in [2.24, 2.45) is 0 Å². The number of benzene rings is 1. The molecule has 9 heteroatoms. The van der Waals surface area contributed by atoms with Gasteiger partial charge in [0, 0.05) is 17.8 Å². The van der Waals surface area contributed by atoms with Crippen LogP contribution in [0.3, 0.4) is 0 Å². The molecular formula is C19H18N2O6S. The van der Waals surface area contributed by atoms with Gasteiger partial charge in [0.2, 0.25) is 5.91 Å². The molecule has 0 bridgehead atoms. The summed E-state index contributed by atoms with van der Waals surface area (Å²) >= 11 is 0.904. The molecular weight excluding hydrogens is 384 g/mol. The van der Waals surface area contributed by atoms with Gasteiger partial charge in [-0.05, 0) is 31.5 Å². The summed E-state index contributed by atoms with van der Waals surface area (Å²) in [5, 5.41) is 13.9. The molecule has 0 saturated carbocycles. The van der Waals surface area contributed by atoms with Crippen LogP contribution >= 0.6 is 11.3 Å². The van der Waals surface area contributed by atoms with Gasteiger partial charge in [0.05, 0.1) is 17.0 Å². The number of carbonyl (C=O) groups excluding carboxylic acids is 3. The molecule has 0 aliphatic carbocycles. The van der Waals surface area contributed by atoms with E-state index in [2.05, 4.69) is 10.6 Å². The maximum atomic E-state index is 12.6. The molecule has 1 aromatic heterocycles. The van der Waals surface area contributed by atoms with Crippen molar-refractivity contribution in [3.05, 3.63) is 58.5 Å². The molecule has 0 spiro atoms. The Bertz CT molecular complexity index is 933. The second kappa shape index (κ2) is 9.47. The predicted octanol–water partition coefficient (Wildman–Crippen LogP) is 3.06. The number of hydrogen-bond acceptors (Lipinski definition) is 6. The van der Waals surface area contributed by atoms with Crippen molar-refractivity contribution in [2.45, 2.75) is 13.8 Å². The Morgan fingerprint density at radius 2 is 1.79 bits per heavy atom. The van der Waals surface area contributed by atoms with Crippen LogP contribution in [0.15, 0.2) is 42.5 Å². The molecule has 0 aliphatic heterocycles. The molecule has 8 nitrogen and oxygen atoms in total. The highest BCUT2D eigenvalue weighted by Gasteiger charge is 2.26. The lowest BCUT2D eigenvalue weighted by Crippen LogP contribution is -2.14. The number of amides is 2. The molecule has 0 radical (unpaired) electrons. The number of aliphatic carboxylic acids is 1. The van der Waals surface area contributed by atoms with Crippen molar-refractivity contribution in [3.63, 3.8) is 0 Å². The Kier molecular flexibility index (Phi) is 7.05. The fourth-order valence-electron chi connectivity index (χ4n) is 2.28. The van der Waals surface area contributed by atoms with Crippen molar-refractivity contribution in [2.75, 3.05) is 17.2 Å². The molecule has 2 amide bonds. The zero-order valence-electron chi connectivity index (χ0n) is 15.1. The van der Waals surface area contributed by atoms with Crippen LogP contribution in [-0.2, 0) is 14.3 Å². The number of esters is 1. The number of carbonyl (C=O) groups is 4. The zero-order chi connectivity index (χ0) is 20.7. The largest absolute Gasteiger partial charge is 0.478 e. The van der Waals surface area contributed by atoms with Crippen LogP contribution < -0.4 is 10.6 Å². The van der Waals surface area contributed by atoms with Crippen molar-refractivity contribution in [3.8, 4) is 0 Å². The molecule has 0 fully saturated rings. The van der Waals surface area contributed by atoms with E-state index in [1.54, 1.807) is 38.1 Å². The molecule has 1 aromatic carbocycles. The molecule has 1 heterocycles. The van der Waals surface area contributed by atoms with Gasteiger partial charge in [-0.2, -0.15) is 0 Å². The van der Waals surface area contributed by atoms with Gasteiger partial charge < -0.3 is 20.5 Å². The molecule has 0 aliphatic rings. The number of rotatable bonds is 7. The first-order valence-corrected chi connectivity index (χ1v) is 9.04. The number of nitrogens with one attached hydrogen (secondary N) is 2. The first-order valence-electron chi connectivity index (χ1n) is 8.22. The Hall–Kier alpha value is -3.46. The Labute approximate surface area is 164 Å². The average molecular weight is 402 g/mol. The molecule has 28 heavy (non-hydrogen) atoms. The SMILES string of the molecule is CCOC(=O)c1c(NC(=O)/C=C\C(=O)O)sc(C(=O)Nc2ccccc2)c1C. The summed E-state index contributed by atoms with van der Waals surface area (Å²) < 4.78 is 5.01. The van der Waals surface area contributed by atoms with Crippen LogP contribution in [0.2, 0.25) is 0 Å². The molecule has 3 N–H and O–H groups in total. The molecule has 2 aromatic rings. The number of carboxylic acid groups (broad SMARTS) is 1. The van der Waals surface area contributed by atoms with Crippen molar-refractivity contribution in [1.29, 1.82) is 0 Å². The number of thiophene rings is 1. The van der Waals surface area contributed by atoms with Gasteiger partial charge in [-0.25, -0.2) is 9.59 Å². The first-order chi connectivity index (χ1) is 13.3. The van der Waals surface area contributed by atoms with E-state index in [1.807, 2.05) is 6.07 Å². The summed E-state index contributed by atoms with van der Waals surface area (Å²) in [6.07, 6.45) is 1.49. The highest BCUT2D eigenvalue weighted by Crippen LogP contribution is 2.34. The number of hydrogen-bond donors (Lipinski definition) is 3. The van der Waals surface area contributed by atoms with Gasteiger partial charge in [-0.1, -0.05) is 18.2 Å². The Morgan fingerprint density at radius 3 is 2.39 bits per heavy atom. The van der Waals surface area contributed by atoms with Crippen LogP contribution in [0.5, 0.6) is 0 Å². The van der Waals surface area contributed by atoms with Crippen molar-refractivity contribution in [1.82, 2.24) is 0 Å². The molecule has 0 unspecified atom stereocenters. The average Bonchev–Trinajstić information content (AvgIpc) is 2.97. The Balaban J connectivity index is 2.36. The van der Waals surface area contributed by atoms with Crippen LogP contribution in [0, 0.1) is 6.92 Å². The van der Waals surface area contributed by atoms with Crippen LogP contribution in [0.25, 0.3) is 0 Å². The maximum absolute atomic E-state index is 12.6. The van der Waals surface area contributed by atoms with E-state index in [4.69, 9.17) is 9.84 Å². The monoisotopic (exact) mass is 402 g/mol. The number of anilines is 2. The van der Waals surface area contributed by atoms with Gasteiger partial charge in [0.25, 0.3) is 5.91 Å². The van der Waals surface area contributed by atoms with Crippen LogP contribution in [0.1, 0.15) is 32.5 Å². The highest BCUT2D eigenvalue weighted by atomic mass is 32.1. The third kappa shape index (κ3) is 5.27. The summed E-state index contributed by atoms with van der Waals surface area (Å²) in [5.41, 5.74) is 0.990. The zero-order valence-corrected chi connectivity index (χ0v) is 16.0. The van der Waals surface area contributed by atoms with Crippen LogP contribution in [0.4, 0.5) is 10.7 Å². The molecule has 0 atom stereocenters.